The quantitative estimate of drug-likeness (QED) is 0.574. The molecule has 0 aromatic heterocycles. The Labute approximate surface area is 187 Å². The van der Waals surface area contributed by atoms with Crippen LogP contribution in [0, 0.1) is 5.82 Å². The molecule has 2 aliphatic carbocycles. The number of fused-ring (bicyclic) bond motifs is 3. The fourth-order valence-corrected chi connectivity index (χ4v) is 5.10. The zero-order chi connectivity index (χ0) is 22.1. The van der Waals surface area contributed by atoms with Gasteiger partial charge < -0.3 is 15.2 Å². The van der Waals surface area contributed by atoms with E-state index in [4.69, 9.17) is 4.74 Å². The van der Waals surface area contributed by atoms with Crippen LogP contribution in [-0.2, 0) is 10.3 Å². The van der Waals surface area contributed by atoms with Crippen molar-refractivity contribution in [1.29, 1.82) is 0 Å². The molecule has 5 rings (SSSR count). The molecule has 3 aromatic carbocycles. The van der Waals surface area contributed by atoms with Crippen molar-refractivity contribution in [3.8, 4) is 11.1 Å². The van der Waals surface area contributed by atoms with Gasteiger partial charge in [-0.2, -0.15) is 0 Å². The SMILES string of the molecule is O=C(NC1CCC(O)(c2ccc(F)cc2)CC1)OCC1c2ccccc2-c2ccccc21. The summed E-state index contributed by atoms with van der Waals surface area (Å²) >= 11 is 0. The molecule has 0 unspecified atom stereocenters. The van der Waals surface area contributed by atoms with Crippen LogP contribution in [0.4, 0.5) is 9.18 Å². The fraction of sp³-hybridized carbons (Fsp3) is 0.296. The van der Waals surface area contributed by atoms with Gasteiger partial charge in [0.05, 0.1) is 5.60 Å². The minimum absolute atomic E-state index is 0.0306. The number of nitrogens with one attached hydrogen (secondary N) is 1. The van der Waals surface area contributed by atoms with Crippen molar-refractivity contribution in [3.05, 3.63) is 95.3 Å². The van der Waals surface area contributed by atoms with Gasteiger partial charge in [-0.05, 0) is 65.6 Å². The van der Waals surface area contributed by atoms with E-state index in [0.717, 1.165) is 5.56 Å². The third-order valence-corrected chi connectivity index (χ3v) is 6.86. The second-order valence-electron chi connectivity index (χ2n) is 8.78. The van der Waals surface area contributed by atoms with Crippen LogP contribution in [0.3, 0.4) is 0 Å². The van der Waals surface area contributed by atoms with E-state index in [1.54, 1.807) is 12.1 Å². The van der Waals surface area contributed by atoms with Gasteiger partial charge >= 0.3 is 6.09 Å². The third-order valence-electron chi connectivity index (χ3n) is 6.86. The van der Waals surface area contributed by atoms with E-state index < -0.39 is 11.7 Å². The highest BCUT2D eigenvalue weighted by Crippen LogP contribution is 2.44. The van der Waals surface area contributed by atoms with Crippen LogP contribution in [0.5, 0.6) is 0 Å². The molecule has 0 radical (unpaired) electrons. The molecular weight excluding hydrogens is 405 g/mol. The Kier molecular flexibility index (Phi) is 5.43. The zero-order valence-electron chi connectivity index (χ0n) is 17.8. The maximum atomic E-state index is 13.2. The largest absolute Gasteiger partial charge is 0.449 e. The van der Waals surface area contributed by atoms with Gasteiger partial charge in [0.15, 0.2) is 0 Å². The molecule has 0 bridgehead atoms. The number of amides is 1. The number of carbonyl (C=O) groups is 1. The molecule has 0 atom stereocenters. The van der Waals surface area contributed by atoms with Crippen LogP contribution < -0.4 is 5.32 Å². The van der Waals surface area contributed by atoms with E-state index in [9.17, 15) is 14.3 Å². The number of halogens is 1. The third kappa shape index (κ3) is 3.89. The van der Waals surface area contributed by atoms with Gasteiger partial charge in [0, 0.05) is 12.0 Å². The number of rotatable bonds is 4. The van der Waals surface area contributed by atoms with Crippen molar-refractivity contribution in [2.45, 2.75) is 43.2 Å². The first-order valence-electron chi connectivity index (χ1n) is 11.1. The lowest BCUT2D eigenvalue weighted by molar-refractivity contribution is -0.00853. The molecule has 0 heterocycles. The van der Waals surface area contributed by atoms with Gasteiger partial charge in [0.2, 0.25) is 0 Å². The molecule has 32 heavy (non-hydrogen) atoms. The Morgan fingerprint density at radius 1 is 0.938 bits per heavy atom. The highest BCUT2D eigenvalue weighted by Gasteiger charge is 2.35. The summed E-state index contributed by atoms with van der Waals surface area (Å²) in [6, 6.07) is 22.5. The van der Waals surface area contributed by atoms with E-state index in [1.165, 1.54) is 34.4 Å². The molecule has 3 aromatic rings. The number of carbonyl (C=O) groups excluding carboxylic acids is 1. The van der Waals surface area contributed by atoms with Crippen molar-refractivity contribution in [2.75, 3.05) is 6.61 Å². The summed E-state index contributed by atoms with van der Waals surface area (Å²) in [6.07, 6.45) is 1.86. The molecule has 164 valence electrons. The maximum Gasteiger partial charge on any atom is 0.407 e. The highest BCUT2D eigenvalue weighted by molar-refractivity contribution is 5.79. The molecule has 1 fully saturated rings. The molecule has 0 saturated heterocycles. The first-order valence-corrected chi connectivity index (χ1v) is 11.1. The van der Waals surface area contributed by atoms with Gasteiger partial charge in [-0.25, -0.2) is 9.18 Å². The van der Waals surface area contributed by atoms with Crippen molar-refractivity contribution in [1.82, 2.24) is 5.32 Å². The minimum atomic E-state index is -0.979. The first-order chi connectivity index (χ1) is 15.5. The van der Waals surface area contributed by atoms with E-state index in [0.29, 0.717) is 25.7 Å². The molecule has 1 saturated carbocycles. The molecule has 2 aliphatic rings. The van der Waals surface area contributed by atoms with E-state index in [-0.39, 0.29) is 24.4 Å². The topological polar surface area (TPSA) is 58.6 Å². The summed E-state index contributed by atoms with van der Waals surface area (Å²) in [4.78, 5) is 12.5. The summed E-state index contributed by atoms with van der Waals surface area (Å²) in [6.45, 7) is 0.284. The average Bonchev–Trinajstić information content (AvgIpc) is 3.13. The number of hydrogen-bond acceptors (Lipinski definition) is 3. The number of benzene rings is 3. The van der Waals surface area contributed by atoms with Gasteiger partial charge in [0.1, 0.15) is 12.4 Å². The van der Waals surface area contributed by atoms with E-state index >= 15 is 0 Å². The number of alkyl carbamates (subject to hydrolysis) is 1. The molecule has 0 aliphatic heterocycles. The number of aliphatic hydroxyl groups is 1. The first kappa shape index (κ1) is 20.7. The number of ether oxygens (including phenoxy) is 1. The fourth-order valence-electron chi connectivity index (χ4n) is 5.10. The van der Waals surface area contributed by atoms with Crippen LogP contribution >= 0.6 is 0 Å². The van der Waals surface area contributed by atoms with Gasteiger partial charge in [0.25, 0.3) is 0 Å². The van der Waals surface area contributed by atoms with Crippen molar-refractivity contribution >= 4 is 6.09 Å². The van der Waals surface area contributed by atoms with Gasteiger partial charge in [-0.3, -0.25) is 0 Å². The number of hydrogen-bond donors (Lipinski definition) is 2. The van der Waals surface area contributed by atoms with Crippen molar-refractivity contribution in [2.24, 2.45) is 0 Å². The highest BCUT2D eigenvalue weighted by atomic mass is 19.1. The monoisotopic (exact) mass is 431 g/mol. The van der Waals surface area contributed by atoms with Crippen LogP contribution in [-0.4, -0.2) is 23.8 Å². The van der Waals surface area contributed by atoms with Crippen LogP contribution in [0.25, 0.3) is 11.1 Å². The molecule has 4 nitrogen and oxygen atoms in total. The molecule has 5 heteroatoms. The Balaban J connectivity index is 1.18. The Morgan fingerprint density at radius 3 is 2.09 bits per heavy atom. The Hall–Kier alpha value is -3.18. The second kappa shape index (κ2) is 8.40. The second-order valence-corrected chi connectivity index (χ2v) is 8.78. The average molecular weight is 432 g/mol. The minimum Gasteiger partial charge on any atom is -0.449 e. The normalized spacial score (nSPS) is 22.1. The summed E-state index contributed by atoms with van der Waals surface area (Å²) in [5.41, 5.74) is 4.51. The Bertz CT molecular complexity index is 1070. The van der Waals surface area contributed by atoms with E-state index in [2.05, 4.69) is 29.6 Å². The standard InChI is InChI=1S/C27H26FNO3/c28-19-11-9-18(10-12-19)27(31)15-13-20(14-16-27)29-26(30)32-17-25-23-7-3-1-5-21(23)22-6-2-4-8-24(22)25/h1-12,20,25,31H,13-17H2,(H,29,30). The maximum absolute atomic E-state index is 13.2. The van der Waals surface area contributed by atoms with Crippen molar-refractivity contribution in [3.63, 3.8) is 0 Å². The summed E-state index contributed by atoms with van der Waals surface area (Å²) in [5.74, 6) is -0.286. The Morgan fingerprint density at radius 2 is 1.50 bits per heavy atom. The lowest BCUT2D eigenvalue weighted by Crippen LogP contribution is -2.42. The smallest absolute Gasteiger partial charge is 0.407 e. The van der Waals surface area contributed by atoms with Crippen LogP contribution in [0.15, 0.2) is 72.8 Å². The van der Waals surface area contributed by atoms with E-state index in [1.807, 2.05) is 24.3 Å². The van der Waals surface area contributed by atoms with Gasteiger partial charge in [-0.15, -0.1) is 0 Å². The molecule has 2 N–H and O–H groups in total. The van der Waals surface area contributed by atoms with Crippen molar-refractivity contribution < 1.29 is 19.0 Å². The lowest BCUT2D eigenvalue weighted by Gasteiger charge is -2.36. The van der Waals surface area contributed by atoms with Crippen LogP contribution in [0.2, 0.25) is 0 Å². The molecule has 0 spiro atoms. The summed E-state index contributed by atoms with van der Waals surface area (Å²) in [7, 11) is 0. The predicted octanol–water partition coefficient (Wildman–Crippen LogP) is 5.49. The van der Waals surface area contributed by atoms with Gasteiger partial charge in [-0.1, -0.05) is 60.7 Å². The lowest BCUT2D eigenvalue weighted by atomic mass is 9.78. The zero-order valence-corrected chi connectivity index (χ0v) is 17.8. The summed E-state index contributed by atoms with van der Waals surface area (Å²) in [5, 5.41) is 13.9. The summed E-state index contributed by atoms with van der Waals surface area (Å²) < 4.78 is 18.8. The molecule has 1 amide bonds. The molecular formula is C27H26FNO3. The van der Waals surface area contributed by atoms with Crippen LogP contribution in [0.1, 0.15) is 48.3 Å². The predicted molar refractivity (Wildman–Crippen MR) is 121 cm³/mol.